The van der Waals surface area contributed by atoms with E-state index in [1.54, 1.807) is 6.07 Å². The van der Waals surface area contributed by atoms with Gasteiger partial charge in [-0.3, -0.25) is 14.4 Å². The molecule has 1 fully saturated rings. The van der Waals surface area contributed by atoms with Gasteiger partial charge >= 0.3 is 0 Å². The molecule has 5 rings (SSSR count). The number of hydrogen-bond acceptors (Lipinski definition) is 8. The molecule has 1 aromatic carbocycles. The number of nitrogens with one attached hydrogen (secondary N) is 3. The molecule has 0 bridgehead atoms. The zero-order chi connectivity index (χ0) is 24.0. The molecule has 0 spiro atoms. The molecule has 2 aromatic heterocycles. The minimum atomic E-state index is -0.460. The molecule has 3 N–H and O–H groups in total. The van der Waals surface area contributed by atoms with Gasteiger partial charge in [-0.1, -0.05) is 6.07 Å². The van der Waals surface area contributed by atoms with E-state index in [9.17, 15) is 9.59 Å². The summed E-state index contributed by atoms with van der Waals surface area (Å²) in [5, 5.41) is 10.8. The molecule has 3 aromatic rings. The Bertz CT molecular complexity index is 1280. The van der Waals surface area contributed by atoms with Gasteiger partial charge < -0.3 is 15.5 Å². The van der Waals surface area contributed by atoms with E-state index in [0.29, 0.717) is 17.3 Å². The highest BCUT2D eigenvalue weighted by Gasteiger charge is 2.32. The third kappa shape index (κ3) is 3.83. The van der Waals surface area contributed by atoms with Crippen LogP contribution in [-0.4, -0.2) is 45.7 Å². The maximum Gasteiger partial charge on any atom is 0.278 e. The molecule has 0 radical (unpaired) electrons. The number of carbonyl (C=O) groups is 2. The molecule has 1 saturated carbocycles. The van der Waals surface area contributed by atoms with Crippen molar-refractivity contribution >= 4 is 34.7 Å². The van der Waals surface area contributed by atoms with Gasteiger partial charge in [0, 0.05) is 25.2 Å². The summed E-state index contributed by atoms with van der Waals surface area (Å²) in [5.74, 6) is 1.44. The van der Waals surface area contributed by atoms with Crippen LogP contribution in [-0.2, 0) is 9.63 Å². The number of carbonyl (C=O) groups excluding carboxylic acids is 2. The molecule has 2 aliphatic rings. The summed E-state index contributed by atoms with van der Waals surface area (Å²) >= 11 is 0. The molecule has 34 heavy (non-hydrogen) atoms. The summed E-state index contributed by atoms with van der Waals surface area (Å²) in [4.78, 5) is 40.7. The average molecular weight is 463 g/mol. The van der Waals surface area contributed by atoms with Crippen LogP contribution in [0.3, 0.4) is 0 Å². The number of rotatable bonds is 6. The predicted molar refractivity (Wildman–Crippen MR) is 126 cm³/mol. The molecule has 11 nitrogen and oxygen atoms in total. The molecule has 0 saturated heterocycles. The largest absolute Gasteiger partial charge is 0.361 e. The van der Waals surface area contributed by atoms with E-state index < -0.39 is 5.91 Å². The van der Waals surface area contributed by atoms with Gasteiger partial charge in [0.2, 0.25) is 5.91 Å². The van der Waals surface area contributed by atoms with E-state index in [1.807, 2.05) is 36.9 Å². The van der Waals surface area contributed by atoms with Gasteiger partial charge in [0.15, 0.2) is 5.82 Å². The van der Waals surface area contributed by atoms with Gasteiger partial charge in [-0.05, 0) is 38.8 Å². The molecular formula is C23H26N8O3. The van der Waals surface area contributed by atoms with Crippen molar-refractivity contribution in [2.75, 3.05) is 29.7 Å². The summed E-state index contributed by atoms with van der Waals surface area (Å²) in [6.45, 7) is 3.93. The van der Waals surface area contributed by atoms with Crippen molar-refractivity contribution in [2.45, 2.75) is 32.7 Å². The molecule has 2 amide bonds. The van der Waals surface area contributed by atoms with Crippen LogP contribution in [0.1, 0.15) is 47.8 Å². The first-order chi connectivity index (χ1) is 16.4. The molecule has 11 heteroatoms. The fourth-order valence-corrected chi connectivity index (χ4v) is 4.09. The van der Waals surface area contributed by atoms with Gasteiger partial charge in [0.1, 0.15) is 11.6 Å². The van der Waals surface area contributed by atoms with Crippen LogP contribution in [0.4, 0.5) is 22.9 Å². The quantitative estimate of drug-likeness (QED) is 0.478. The summed E-state index contributed by atoms with van der Waals surface area (Å²) in [6.07, 6.45) is 3.19. The minimum Gasteiger partial charge on any atom is -0.361 e. The van der Waals surface area contributed by atoms with E-state index in [0.717, 1.165) is 35.7 Å². The van der Waals surface area contributed by atoms with Crippen molar-refractivity contribution in [2.24, 2.45) is 5.92 Å². The number of pyridine rings is 1. The normalized spacial score (nSPS) is 16.5. The third-order valence-corrected chi connectivity index (χ3v) is 6.10. The minimum absolute atomic E-state index is 0.0151. The average Bonchev–Trinajstić information content (AvgIpc) is 3.59. The smallest absolute Gasteiger partial charge is 0.278 e. The van der Waals surface area contributed by atoms with Gasteiger partial charge in [-0.25, -0.2) is 20.1 Å². The fraction of sp³-hybridized carbons (Fsp3) is 0.348. The Labute approximate surface area is 196 Å². The van der Waals surface area contributed by atoms with Crippen molar-refractivity contribution in [3.8, 4) is 5.69 Å². The van der Waals surface area contributed by atoms with Crippen molar-refractivity contribution in [1.29, 1.82) is 0 Å². The van der Waals surface area contributed by atoms with Crippen molar-refractivity contribution in [1.82, 2.24) is 25.2 Å². The van der Waals surface area contributed by atoms with Crippen LogP contribution in [0.2, 0.25) is 0 Å². The number of para-hydroxylation sites is 1. The Morgan fingerprint density at radius 2 is 2.00 bits per heavy atom. The Kier molecular flexibility index (Phi) is 5.40. The van der Waals surface area contributed by atoms with Gasteiger partial charge in [-0.2, -0.15) is 5.10 Å². The fourth-order valence-electron chi connectivity index (χ4n) is 4.09. The predicted octanol–water partition coefficient (Wildman–Crippen LogP) is 2.86. The lowest BCUT2D eigenvalue weighted by atomic mass is 10.1. The van der Waals surface area contributed by atoms with E-state index in [4.69, 9.17) is 4.84 Å². The Balaban J connectivity index is 1.56. The van der Waals surface area contributed by atoms with E-state index in [2.05, 4.69) is 43.0 Å². The lowest BCUT2D eigenvalue weighted by Crippen LogP contribution is -2.31. The summed E-state index contributed by atoms with van der Waals surface area (Å²) in [7, 11) is 3.36. The number of benzene rings is 1. The standard InChI is InChI=1S/C23H26N8O3/c1-12-21-25-13(2)28-31(21)18-7-5-6-16(20(18)30(12)3)26-17-10-19(27-22(32)14-8-9-14)24-11-15(17)23(33)29-34-4/h5-7,10-12,14H,8-9H2,1-4H3,(H,29,33)(H2,24,26,27,32). The summed E-state index contributed by atoms with van der Waals surface area (Å²) in [5.41, 5.74) is 5.63. The van der Waals surface area contributed by atoms with Gasteiger partial charge in [0.25, 0.3) is 5.91 Å². The lowest BCUT2D eigenvalue weighted by Gasteiger charge is -2.35. The summed E-state index contributed by atoms with van der Waals surface area (Å²) < 4.78 is 1.85. The molecule has 1 aliphatic carbocycles. The zero-order valence-corrected chi connectivity index (χ0v) is 19.4. The highest BCUT2D eigenvalue weighted by molar-refractivity contribution is 6.01. The molecule has 1 atom stereocenters. The Morgan fingerprint density at radius 3 is 2.74 bits per heavy atom. The molecule has 176 valence electrons. The van der Waals surface area contributed by atoms with Crippen LogP contribution in [0, 0.1) is 12.8 Å². The first kappa shape index (κ1) is 21.8. The number of anilines is 4. The maximum atomic E-state index is 12.6. The third-order valence-electron chi connectivity index (χ3n) is 6.10. The number of amides is 2. The number of hydrogen-bond donors (Lipinski definition) is 3. The first-order valence-corrected chi connectivity index (χ1v) is 11.1. The highest BCUT2D eigenvalue weighted by atomic mass is 16.6. The number of aryl methyl sites for hydroxylation is 1. The van der Waals surface area contributed by atoms with Crippen molar-refractivity contribution in [3.05, 3.63) is 47.7 Å². The van der Waals surface area contributed by atoms with Gasteiger partial charge in [-0.15, -0.1) is 0 Å². The van der Waals surface area contributed by atoms with Crippen LogP contribution < -0.4 is 21.0 Å². The SMILES string of the molecule is CONC(=O)c1cnc(NC(=O)C2CC2)cc1Nc1cccc2c1N(C)C(C)c1nc(C)nn1-2. The van der Waals surface area contributed by atoms with Gasteiger partial charge in [0.05, 0.1) is 41.5 Å². The lowest BCUT2D eigenvalue weighted by molar-refractivity contribution is -0.117. The van der Waals surface area contributed by atoms with Crippen LogP contribution >= 0.6 is 0 Å². The van der Waals surface area contributed by atoms with Crippen LogP contribution in [0.15, 0.2) is 30.5 Å². The number of fused-ring (bicyclic) bond motifs is 3. The van der Waals surface area contributed by atoms with E-state index in [-0.39, 0.29) is 23.4 Å². The van der Waals surface area contributed by atoms with Crippen LogP contribution in [0.25, 0.3) is 5.69 Å². The Hall–Kier alpha value is -3.99. The van der Waals surface area contributed by atoms with E-state index in [1.165, 1.54) is 13.3 Å². The number of aromatic nitrogens is 4. The Morgan fingerprint density at radius 1 is 1.21 bits per heavy atom. The molecule has 1 unspecified atom stereocenters. The molecule has 3 heterocycles. The van der Waals surface area contributed by atoms with E-state index >= 15 is 0 Å². The number of nitrogens with zero attached hydrogens (tertiary/aromatic N) is 5. The molecule has 1 aliphatic heterocycles. The first-order valence-electron chi connectivity index (χ1n) is 11.1. The highest BCUT2D eigenvalue weighted by Crippen LogP contribution is 2.42. The monoisotopic (exact) mass is 462 g/mol. The zero-order valence-electron chi connectivity index (χ0n) is 19.4. The maximum absolute atomic E-state index is 12.6. The number of hydroxylamine groups is 1. The van der Waals surface area contributed by atoms with Crippen molar-refractivity contribution < 1.29 is 14.4 Å². The topological polar surface area (TPSA) is 126 Å². The summed E-state index contributed by atoms with van der Waals surface area (Å²) in [6, 6.07) is 7.46. The van der Waals surface area contributed by atoms with Crippen LogP contribution in [0.5, 0.6) is 0 Å². The second-order valence-corrected chi connectivity index (χ2v) is 8.53. The van der Waals surface area contributed by atoms with Crippen molar-refractivity contribution in [3.63, 3.8) is 0 Å². The second-order valence-electron chi connectivity index (χ2n) is 8.53. The second kappa shape index (κ2) is 8.41. The molecular weight excluding hydrogens is 436 g/mol.